The third-order valence-corrected chi connectivity index (χ3v) is 6.28. The quantitative estimate of drug-likeness (QED) is 0.651. The van der Waals surface area contributed by atoms with E-state index in [4.69, 9.17) is 4.74 Å². The van der Waals surface area contributed by atoms with Gasteiger partial charge in [-0.25, -0.2) is 4.79 Å². The summed E-state index contributed by atoms with van der Waals surface area (Å²) in [5, 5.41) is 11.1. The van der Waals surface area contributed by atoms with Crippen LogP contribution in [0.1, 0.15) is 18.2 Å². The molecule has 0 radical (unpaired) electrons. The molecule has 8 heteroatoms. The lowest BCUT2D eigenvalue weighted by molar-refractivity contribution is -0.0315. The third kappa shape index (κ3) is 3.61. The van der Waals surface area contributed by atoms with E-state index in [-0.39, 0.29) is 12.6 Å². The number of aliphatic hydroxyl groups excluding tert-OH is 1. The number of rotatable bonds is 4. The standard InChI is InChI=1S/C24H26N4O4/c1-16-15-28(24(31)25-22(16)30)20-14-19(29)21(32-20)23-26(17-8-4-2-5-9-17)12-13-27(23)18-10-6-3-7-11-18/h2-11,15,19-21,23,29H,12-14H2,1H3,(H,25,30,31). The molecular weight excluding hydrogens is 408 g/mol. The highest BCUT2D eigenvalue weighted by atomic mass is 16.5. The molecule has 2 N–H and O–H groups in total. The Balaban J connectivity index is 1.51. The summed E-state index contributed by atoms with van der Waals surface area (Å²) in [6.45, 7) is 3.19. The van der Waals surface area contributed by atoms with Crippen LogP contribution in [-0.2, 0) is 4.74 Å². The Morgan fingerprint density at radius 1 is 0.938 bits per heavy atom. The number of benzene rings is 2. The van der Waals surface area contributed by atoms with E-state index in [2.05, 4.69) is 39.0 Å². The molecule has 0 spiro atoms. The fourth-order valence-corrected chi connectivity index (χ4v) is 4.72. The van der Waals surface area contributed by atoms with Gasteiger partial charge in [0.15, 0.2) is 0 Å². The van der Waals surface area contributed by atoms with E-state index in [9.17, 15) is 14.7 Å². The van der Waals surface area contributed by atoms with Crippen molar-refractivity contribution in [3.63, 3.8) is 0 Å². The number of aryl methyl sites for hydroxylation is 1. The number of hydrogen-bond acceptors (Lipinski definition) is 6. The highest BCUT2D eigenvalue weighted by Gasteiger charge is 2.47. The molecule has 8 nitrogen and oxygen atoms in total. The summed E-state index contributed by atoms with van der Waals surface area (Å²) in [5.41, 5.74) is 1.57. The minimum absolute atomic E-state index is 0.251. The lowest BCUT2D eigenvalue weighted by Gasteiger charge is -2.37. The van der Waals surface area contributed by atoms with Crippen molar-refractivity contribution in [3.05, 3.63) is 93.3 Å². The van der Waals surface area contributed by atoms with Crippen LogP contribution in [0, 0.1) is 6.92 Å². The van der Waals surface area contributed by atoms with E-state index < -0.39 is 29.7 Å². The summed E-state index contributed by atoms with van der Waals surface area (Å²) in [6.07, 6.45) is -0.480. The fraction of sp³-hybridized carbons (Fsp3) is 0.333. The number of hydrogen-bond donors (Lipinski definition) is 2. The summed E-state index contributed by atoms with van der Waals surface area (Å²) < 4.78 is 7.70. The monoisotopic (exact) mass is 434 g/mol. The Morgan fingerprint density at radius 2 is 1.50 bits per heavy atom. The highest BCUT2D eigenvalue weighted by molar-refractivity contribution is 5.57. The molecule has 3 atom stereocenters. The van der Waals surface area contributed by atoms with Gasteiger partial charge in [-0.1, -0.05) is 36.4 Å². The number of ether oxygens (including phenoxy) is 1. The topological polar surface area (TPSA) is 90.8 Å². The van der Waals surface area contributed by atoms with Crippen molar-refractivity contribution in [3.8, 4) is 0 Å². The van der Waals surface area contributed by atoms with Crippen molar-refractivity contribution in [1.29, 1.82) is 0 Å². The van der Waals surface area contributed by atoms with Gasteiger partial charge in [-0.2, -0.15) is 0 Å². The minimum Gasteiger partial charge on any atom is -0.390 e. The molecule has 1 aromatic heterocycles. The predicted molar refractivity (Wildman–Crippen MR) is 122 cm³/mol. The number of aromatic nitrogens is 2. The highest BCUT2D eigenvalue weighted by Crippen LogP contribution is 2.37. The first kappa shape index (κ1) is 20.5. The van der Waals surface area contributed by atoms with Gasteiger partial charge in [0.05, 0.1) is 6.10 Å². The van der Waals surface area contributed by atoms with Crippen LogP contribution in [0.2, 0.25) is 0 Å². The summed E-state index contributed by atoms with van der Waals surface area (Å²) in [4.78, 5) is 31.0. The van der Waals surface area contributed by atoms with Crippen molar-refractivity contribution in [2.45, 2.75) is 37.9 Å². The van der Waals surface area contributed by atoms with Gasteiger partial charge in [-0.3, -0.25) is 14.3 Å². The van der Waals surface area contributed by atoms with Crippen LogP contribution in [0.25, 0.3) is 0 Å². The number of nitrogens with zero attached hydrogens (tertiary/aromatic N) is 3. The SMILES string of the molecule is Cc1cn(C2CC(O)C(C3N(c4ccccc4)CCN3c3ccccc3)O2)c(=O)[nH]c1=O. The Labute approximate surface area is 185 Å². The summed E-state index contributed by atoms with van der Waals surface area (Å²) >= 11 is 0. The Morgan fingerprint density at radius 3 is 2.06 bits per heavy atom. The zero-order valence-electron chi connectivity index (χ0n) is 17.8. The van der Waals surface area contributed by atoms with E-state index in [1.165, 1.54) is 10.8 Å². The molecule has 2 aliphatic rings. The smallest absolute Gasteiger partial charge is 0.330 e. The van der Waals surface area contributed by atoms with Crippen LogP contribution in [0.15, 0.2) is 76.4 Å². The average molecular weight is 434 g/mol. The first-order valence-corrected chi connectivity index (χ1v) is 10.8. The van der Waals surface area contributed by atoms with Gasteiger partial charge < -0.3 is 19.6 Å². The number of aromatic amines is 1. The van der Waals surface area contributed by atoms with E-state index in [0.717, 1.165) is 24.5 Å². The van der Waals surface area contributed by atoms with Crippen LogP contribution < -0.4 is 21.0 Å². The first-order chi connectivity index (χ1) is 15.5. The van der Waals surface area contributed by atoms with Crippen LogP contribution in [0.5, 0.6) is 0 Å². The van der Waals surface area contributed by atoms with Gasteiger partial charge >= 0.3 is 5.69 Å². The maximum absolute atomic E-state index is 12.4. The zero-order valence-corrected chi connectivity index (χ0v) is 17.8. The van der Waals surface area contributed by atoms with Crippen molar-refractivity contribution < 1.29 is 9.84 Å². The van der Waals surface area contributed by atoms with E-state index in [1.54, 1.807) is 6.92 Å². The maximum Gasteiger partial charge on any atom is 0.330 e. The predicted octanol–water partition coefficient (Wildman–Crippen LogP) is 1.85. The van der Waals surface area contributed by atoms with Gasteiger partial charge in [-0.05, 0) is 31.2 Å². The number of para-hydroxylation sites is 2. The normalized spacial score (nSPS) is 23.8. The van der Waals surface area contributed by atoms with E-state index in [1.807, 2.05) is 36.4 Å². The van der Waals surface area contributed by atoms with Gasteiger partial charge in [0.2, 0.25) is 0 Å². The summed E-state index contributed by atoms with van der Waals surface area (Å²) in [7, 11) is 0. The molecule has 3 unspecified atom stereocenters. The molecule has 3 heterocycles. The van der Waals surface area contributed by atoms with Gasteiger partial charge in [0.25, 0.3) is 5.56 Å². The molecule has 166 valence electrons. The third-order valence-electron chi connectivity index (χ3n) is 6.28. The summed E-state index contributed by atoms with van der Waals surface area (Å²) in [6, 6.07) is 20.1. The van der Waals surface area contributed by atoms with Gasteiger partial charge in [0, 0.05) is 42.6 Å². The molecule has 2 saturated heterocycles. The Kier molecular flexibility index (Phi) is 5.32. The lowest BCUT2D eigenvalue weighted by Crippen LogP contribution is -2.51. The molecule has 2 fully saturated rings. The molecule has 0 aliphatic carbocycles. The fourth-order valence-electron chi connectivity index (χ4n) is 4.72. The largest absolute Gasteiger partial charge is 0.390 e. The first-order valence-electron chi connectivity index (χ1n) is 10.8. The molecule has 0 bridgehead atoms. The molecule has 5 rings (SSSR count). The van der Waals surface area contributed by atoms with E-state index >= 15 is 0 Å². The van der Waals surface area contributed by atoms with Crippen molar-refractivity contribution in [1.82, 2.24) is 9.55 Å². The van der Waals surface area contributed by atoms with Crippen molar-refractivity contribution in [2.24, 2.45) is 0 Å². The van der Waals surface area contributed by atoms with Gasteiger partial charge in [0.1, 0.15) is 18.5 Å². The Bertz CT molecular complexity index is 1150. The van der Waals surface area contributed by atoms with Crippen LogP contribution in [0.4, 0.5) is 11.4 Å². The molecular formula is C24H26N4O4. The number of H-pyrrole nitrogens is 1. The second kappa shape index (κ2) is 8.29. The number of anilines is 2. The number of aliphatic hydroxyl groups is 1. The molecule has 3 aromatic rings. The molecule has 0 amide bonds. The van der Waals surface area contributed by atoms with Crippen LogP contribution in [-0.4, -0.2) is 46.1 Å². The van der Waals surface area contributed by atoms with Crippen LogP contribution >= 0.6 is 0 Å². The Hall–Kier alpha value is -3.36. The zero-order chi connectivity index (χ0) is 22.2. The second-order valence-electron chi connectivity index (χ2n) is 8.31. The van der Waals surface area contributed by atoms with E-state index in [0.29, 0.717) is 5.56 Å². The molecule has 2 aromatic carbocycles. The lowest BCUT2D eigenvalue weighted by atomic mass is 10.1. The maximum atomic E-state index is 12.4. The average Bonchev–Trinajstić information content (AvgIpc) is 3.41. The van der Waals surface area contributed by atoms with Crippen molar-refractivity contribution in [2.75, 3.05) is 22.9 Å². The van der Waals surface area contributed by atoms with Gasteiger partial charge in [-0.15, -0.1) is 0 Å². The molecule has 2 aliphatic heterocycles. The molecule has 32 heavy (non-hydrogen) atoms. The molecule has 0 saturated carbocycles. The second-order valence-corrected chi connectivity index (χ2v) is 8.31. The summed E-state index contributed by atoms with van der Waals surface area (Å²) in [5.74, 6) is 0. The van der Waals surface area contributed by atoms with Crippen LogP contribution in [0.3, 0.4) is 0 Å². The van der Waals surface area contributed by atoms with Crippen molar-refractivity contribution >= 4 is 11.4 Å². The minimum atomic E-state index is -0.778. The number of nitrogens with one attached hydrogen (secondary N) is 1.